The van der Waals surface area contributed by atoms with Crippen LogP contribution in [0.1, 0.15) is 51.0 Å². The van der Waals surface area contributed by atoms with Crippen molar-refractivity contribution in [1.29, 1.82) is 0 Å². The number of hydrogen-bond donors (Lipinski definition) is 1. The van der Waals surface area contributed by atoms with Gasteiger partial charge in [0, 0.05) is 19.1 Å². The molecule has 0 heterocycles. The zero-order chi connectivity index (χ0) is 13.8. The van der Waals surface area contributed by atoms with E-state index >= 15 is 0 Å². The third-order valence-corrected chi connectivity index (χ3v) is 2.96. The molecule has 0 saturated heterocycles. The molecular weight excluding hydrogens is 236 g/mol. The lowest BCUT2D eigenvalue weighted by molar-refractivity contribution is -0.121. The Labute approximate surface area is 116 Å². The molecular formula is C16H24N2O. The van der Waals surface area contributed by atoms with Crippen LogP contribution in [-0.2, 0) is 11.2 Å². The van der Waals surface area contributed by atoms with Crippen molar-refractivity contribution in [3.63, 3.8) is 0 Å². The number of benzene rings is 1. The molecule has 1 aromatic carbocycles. The van der Waals surface area contributed by atoms with Crippen molar-refractivity contribution in [3.05, 3.63) is 35.9 Å². The van der Waals surface area contributed by atoms with Gasteiger partial charge >= 0.3 is 0 Å². The standard InChI is InChI=1S/C16H24N2O/c1-2-3-4-5-9-12-16(19)18-17-14-13-15-10-7-6-8-11-15/h6-8,10-11,14H,2-5,9,12-13H2,1H3,(H,18,19). The van der Waals surface area contributed by atoms with Crippen LogP contribution < -0.4 is 5.43 Å². The van der Waals surface area contributed by atoms with Gasteiger partial charge in [-0.2, -0.15) is 5.10 Å². The van der Waals surface area contributed by atoms with E-state index in [1.807, 2.05) is 30.3 Å². The fourth-order valence-corrected chi connectivity index (χ4v) is 1.83. The second-order valence-electron chi connectivity index (χ2n) is 4.70. The molecule has 0 aliphatic carbocycles. The number of amides is 1. The van der Waals surface area contributed by atoms with Crippen molar-refractivity contribution in [2.45, 2.75) is 51.9 Å². The molecule has 1 aromatic rings. The average Bonchev–Trinajstić information content (AvgIpc) is 2.44. The minimum atomic E-state index is 0.0146. The third kappa shape index (κ3) is 8.14. The SMILES string of the molecule is CCCCCCCC(=O)NN=CCc1ccccc1. The van der Waals surface area contributed by atoms with Gasteiger partial charge in [0.15, 0.2) is 0 Å². The minimum absolute atomic E-state index is 0.0146. The predicted molar refractivity (Wildman–Crippen MR) is 80.2 cm³/mol. The van der Waals surface area contributed by atoms with E-state index in [1.165, 1.54) is 24.8 Å². The van der Waals surface area contributed by atoms with Gasteiger partial charge in [0.05, 0.1) is 0 Å². The summed E-state index contributed by atoms with van der Waals surface area (Å²) in [5, 5.41) is 3.96. The van der Waals surface area contributed by atoms with Gasteiger partial charge in [-0.15, -0.1) is 0 Å². The molecule has 0 radical (unpaired) electrons. The largest absolute Gasteiger partial charge is 0.273 e. The van der Waals surface area contributed by atoms with Crippen molar-refractivity contribution in [2.75, 3.05) is 0 Å². The molecule has 1 amide bonds. The van der Waals surface area contributed by atoms with E-state index < -0.39 is 0 Å². The summed E-state index contributed by atoms with van der Waals surface area (Å²) in [6.07, 6.45) is 8.87. The molecule has 0 aromatic heterocycles. The summed E-state index contributed by atoms with van der Waals surface area (Å²) in [6, 6.07) is 10.1. The van der Waals surface area contributed by atoms with Crippen LogP contribution >= 0.6 is 0 Å². The Morgan fingerprint density at radius 2 is 1.89 bits per heavy atom. The molecule has 0 fully saturated rings. The monoisotopic (exact) mass is 260 g/mol. The topological polar surface area (TPSA) is 41.5 Å². The highest BCUT2D eigenvalue weighted by atomic mass is 16.2. The van der Waals surface area contributed by atoms with Crippen molar-refractivity contribution in [3.8, 4) is 0 Å². The van der Waals surface area contributed by atoms with Crippen LogP contribution in [0.5, 0.6) is 0 Å². The fraction of sp³-hybridized carbons (Fsp3) is 0.500. The normalized spacial score (nSPS) is 10.8. The van der Waals surface area contributed by atoms with Crippen LogP contribution in [0.4, 0.5) is 0 Å². The summed E-state index contributed by atoms with van der Waals surface area (Å²) in [7, 11) is 0. The second kappa shape index (κ2) is 10.3. The van der Waals surface area contributed by atoms with Gasteiger partial charge in [-0.3, -0.25) is 4.79 Å². The number of nitrogens with one attached hydrogen (secondary N) is 1. The van der Waals surface area contributed by atoms with Crippen LogP contribution in [0, 0.1) is 0 Å². The molecule has 19 heavy (non-hydrogen) atoms. The molecule has 0 spiro atoms. The van der Waals surface area contributed by atoms with E-state index in [0.29, 0.717) is 6.42 Å². The summed E-state index contributed by atoms with van der Waals surface area (Å²) < 4.78 is 0. The molecule has 3 heteroatoms. The van der Waals surface area contributed by atoms with Crippen molar-refractivity contribution in [1.82, 2.24) is 5.43 Å². The van der Waals surface area contributed by atoms with Gasteiger partial charge in [-0.1, -0.05) is 62.9 Å². The first-order valence-electron chi connectivity index (χ1n) is 7.17. The van der Waals surface area contributed by atoms with E-state index in [1.54, 1.807) is 6.21 Å². The molecule has 104 valence electrons. The number of carbonyl (C=O) groups excluding carboxylic acids is 1. The van der Waals surface area contributed by atoms with Gasteiger partial charge in [0.2, 0.25) is 5.91 Å². The van der Waals surface area contributed by atoms with E-state index in [9.17, 15) is 4.79 Å². The maximum atomic E-state index is 11.5. The Bertz CT molecular complexity index is 374. The zero-order valence-corrected chi connectivity index (χ0v) is 11.8. The highest BCUT2D eigenvalue weighted by Crippen LogP contribution is 2.04. The van der Waals surface area contributed by atoms with E-state index in [0.717, 1.165) is 19.3 Å². The quantitative estimate of drug-likeness (QED) is 0.410. The van der Waals surface area contributed by atoms with Gasteiger partial charge in [-0.05, 0) is 12.0 Å². The Balaban J connectivity index is 2.06. The molecule has 0 saturated carbocycles. The maximum absolute atomic E-state index is 11.5. The van der Waals surface area contributed by atoms with Crippen molar-refractivity contribution in [2.24, 2.45) is 5.10 Å². The molecule has 1 N–H and O–H groups in total. The third-order valence-electron chi connectivity index (χ3n) is 2.96. The highest BCUT2D eigenvalue weighted by Gasteiger charge is 1.98. The molecule has 3 nitrogen and oxygen atoms in total. The summed E-state index contributed by atoms with van der Waals surface area (Å²) >= 11 is 0. The minimum Gasteiger partial charge on any atom is -0.273 e. The predicted octanol–water partition coefficient (Wildman–Crippen LogP) is 3.69. The van der Waals surface area contributed by atoms with Crippen LogP contribution in [0.2, 0.25) is 0 Å². The molecule has 0 atom stereocenters. The number of rotatable bonds is 9. The molecule has 0 bridgehead atoms. The summed E-state index contributed by atoms with van der Waals surface area (Å²) in [6.45, 7) is 2.19. The first-order chi connectivity index (χ1) is 9.33. The van der Waals surface area contributed by atoms with Crippen molar-refractivity contribution >= 4 is 12.1 Å². The van der Waals surface area contributed by atoms with Gasteiger partial charge in [-0.25, -0.2) is 5.43 Å². The van der Waals surface area contributed by atoms with Crippen LogP contribution in [0.15, 0.2) is 35.4 Å². The summed E-state index contributed by atoms with van der Waals surface area (Å²) in [5.41, 5.74) is 3.77. The highest BCUT2D eigenvalue weighted by molar-refractivity contribution is 5.76. The van der Waals surface area contributed by atoms with E-state index in [2.05, 4.69) is 17.5 Å². The number of nitrogens with zero attached hydrogens (tertiary/aromatic N) is 1. The summed E-state index contributed by atoms with van der Waals surface area (Å²) in [5.74, 6) is 0.0146. The Morgan fingerprint density at radius 1 is 1.16 bits per heavy atom. The maximum Gasteiger partial charge on any atom is 0.240 e. The zero-order valence-electron chi connectivity index (χ0n) is 11.8. The lowest BCUT2D eigenvalue weighted by atomic mass is 10.1. The first-order valence-corrected chi connectivity index (χ1v) is 7.17. The number of unbranched alkanes of at least 4 members (excludes halogenated alkanes) is 4. The number of carbonyl (C=O) groups is 1. The lowest BCUT2D eigenvalue weighted by Crippen LogP contribution is -2.17. The number of hydrogen-bond acceptors (Lipinski definition) is 2. The first kappa shape index (κ1) is 15.4. The molecule has 1 rings (SSSR count). The lowest BCUT2D eigenvalue weighted by Gasteiger charge is -2.00. The van der Waals surface area contributed by atoms with Crippen LogP contribution in [-0.4, -0.2) is 12.1 Å². The smallest absolute Gasteiger partial charge is 0.240 e. The molecule has 0 aliphatic rings. The Hall–Kier alpha value is -1.64. The summed E-state index contributed by atoms with van der Waals surface area (Å²) in [4.78, 5) is 11.5. The van der Waals surface area contributed by atoms with Gasteiger partial charge in [0.1, 0.15) is 0 Å². The van der Waals surface area contributed by atoms with Crippen molar-refractivity contribution < 1.29 is 4.79 Å². The fourth-order valence-electron chi connectivity index (χ4n) is 1.83. The molecule has 0 unspecified atom stereocenters. The Morgan fingerprint density at radius 3 is 2.63 bits per heavy atom. The number of hydrazone groups is 1. The van der Waals surface area contributed by atoms with Crippen LogP contribution in [0.3, 0.4) is 0 Å². The van der Waals surface area contributed by atoms with E-state index in [-0.39, 0.29) is 5.91 Å². The van der Waals surface area contributed by atoms with Gasteiger partial charge < -0.3 is 0 Å². The molecule has 0 aliphatic heterocycles. The van der Waals surface area contributed by atoms with E-state index in [4.69, 9.17) is 0 Å². The average molecular weight is 260 g/mol. The second-order valence-corrected chi connectivity index (χ2v) is 4.70. The Kier molecular flexibility index (Phi) is 8.36. The van der Waals surface area contributed by atoms with Gasteiger partial charge in [0.25, 0.3) is 0 Å². The van der Waals surface area contributed by atoms with Crippen LogP contribution in [0.25, 0.3) is 0 Å².